The molecular weight excluding hydrogens is 458 g/mol. The Labute approximate surface area is 219 Å². The summed E-state index contributed by atoms with van der Waals surface area (Å²) in [6, 6.07) is 26.4. The summed E-state index contributed by atoms with van der Waals surface area (Å²) >= 11 is 0. The lowest BCUT2D eigenvalue weighted by Gasteiger charge is -2.38. The molecule has 0 saturated carbocycles. The monoisotopic (exact) mass is 493 g/mol. The van der Waals surface area contributed by atoms with E-state index in [-0.39, 0.29) is 24.4 Å². The highest BCUT2D eigenvalue weighted by Crippen LogP contribution is 2.33. The zero-order chi connectivity index (χ0) is 25.9. The lowest BCUT2D eigenvalue weighted by atomic mass is 9.95. The number of hydrogen-bond donors (Lipinski definition) is 0. The molecule has 1 unspecified atom stereocenters. The SMILES string of the molecule is CCCN(CC(=O)N1CCn2cccc2C1c1ccc(C(C)C)cc1)C(=O)c1ccc2ccccc2c1. The van der Waals surface area contributed by atoms with E-state index >= 15 is 0 Å². The van der Waals surface area contributed by atoms with Gasteiger partial charge in [0.2, 0.25) is 5.91 Å². The highest BCUT2D eigenvalue weighted by atomic mass is 16.2. The van der Waals surface area contributed by atoms with Crippen LogP contribution in [0.5, 0.6) is 0 Å². The first-order valence-corrected chi connectivity index (χ1v) is 13.3. The number of fused-ring (bicyclic) bond motifs is 2. The quantitative estimate of drug-likeness (QED) is 0.306. The van der Waals surface area contributed by atoms with Gasteiger partial charge in [-0.15, -0.1) is 0 Å². The zero-order valence-electron chi connectivity index (χ0n) is 21.9. The number of amides is 2. The maximum Gasteiger partial charge on any atom is 0.254 e. The van der Waals surface area contributed by atoms with Crippen molar-refractivity contribution in [1.82, 2.24) is 14.4 Å². The van der Waals surface area contributed by atoms with E-state index in [0.717, 1.165) is 35.0 Å². The molecule has 190 valence electrons. The molecule has 3 aromatic carbocycles. The Morgan fingerprint density at radius 2 is 1.68 bits per heavy atom. The number of carbonyl (C=O) groups excluding carboxylic acids is 2. The first kappa shape index (κ1) is 24.8. The Kier molecular flexibility index (Phi) is 7.13. The van der Waals surface area contributed by atoms with Crippen LogP contribution in [0.3, 0.4) is 0 Å². The van der Waals surface area contributed by atoms with Gasteiger partial charge < -0.3 is 14.4 Å². The summed E-state index contributed by atoms with van der Waals surface area (Å²) in [4.78, 5) is 31.1. The van der Waals surface area contributed by atoms with Crippen LogP contribution in [0.1, 0.15) is 66.3 Å². The molecule has 1 aliphatic heterocycles. The van der Waals surface area contributed by atoms with Crippen LogP contribution < -0.4 is 0 Å². The van der Waals surface area contributed by atoms with Crippen molar-refractivity contribution in [3.63, 3.8) is 0 Å². The van der Waals surface area contributed by atoms with Crippen molar-refractivity contribution >= 4 is 22.6 Å². The number of hydrogen-bond acceptors (Lipinski definition) is 2. The molecule has 37 heavy (non-hydrogen) atoms. The van der Waals surface area contributed by atoms with Crippen molar-refractivity contribution < 1.29 is 9.59 Å². The number of benzene rings is 3. The van der Waals surface area contributed by atoms with Crippen LogP contribution in [0, 0.1) is 0 Å². The van der Waals surface area contributed by atoms with Gasteiger partial charge in [-0.2, -0.15) is 0 Å². The highest BCUT2D eigenvalue weighted by Gasteiger charge is 2.33. The molecule has 1 atom stereocenters. The van der Waals surface area contributed by atoms with Gasteiger partial charge in [-0.25, -0.2) is 0 Å². The molecule has 1 aromatic heterocycles. The van der Waals surface area contributed by atoms with Gasteiger partial charge in [-0.05, 0) is 58.5 Å². The van der Waals surface area contributed by atoms with Gasteiger partial charge in [-0.1, -0.05) is 75.4 Å². The second-order valence-corrected chi connectivity index (χ2v) is 10.2. The smallest absolute Gasteiger partial charge is 0.254 e. The van der Waals surface area contributed by atoms with E-state index in [2.05, 4.69) is 54.9 Å². The maximum atomic E-state index is 13.8. The molecule has 5 rings (SSSR count). The summed E-state index contributed by atoms with van der Waals surface area (Å²) < 4.78 is 2.23. The Morgan fingerprint density at radius 1 is 0.919 bits per heavy atom. The van der Waals surface area contributed by atoms with E-state index in [0.29, 0.717) is 24.6 Å². The Balaban J connectivity index is 1.41. The van der Waals surface area contributed by atoms with E-state index in [9.17, 15) is 9.59 Å². The molecule has 0 fully saturated rings. The van der Waals surface area contributed by atoms with Crippen molar-refractivity contribution in [1.29, 1.82) is 0 Å². The summed E-state index contributed by atoms with van der Waals surface area (Å²) in [7, 11) is 0. The van der Waals surface area contributed by atoms with E-state index in [1.807, 2.05) is 60.4 Å². The molecule has 2 amide bonds. The molecule has 4 aromatic rings. The summed E-state index contributed by atoms with van der Waals surface area (Å²) in [5.74, 6) is 0.331. The van der Waals surface area contributed by atoms with E-state index in [1.165, 1.54) is 5.56 Å². The molecule has 0 radical (unpaired) electrons. The summed E-state index contributed by atoms with van der Waals surface area (Å²) in [5, 5.41) is 2.12. The molecule has 0 N–H and O–H groups in total. The third-order valence-corrected chi connectivity index (χ3v) is 7.38. The van der Waals surface area contributed by atoms with Crippen LogP contribution >= 0.6 is 0 Å². The minimum atomic E-state index is -0.170. The molecule has 0 spiro atoms. The molecule has 5 heteroatoms. The van der Waals surface area contributed by atoms with Crippen LogP contribution in [0.2, 0.25) is 0 Å². The third kappa shape index (κ3) is 5.04. The molecule has 5 nitrogen and oxygen atoms in total. The van der Waals surface area contributed by atoms with Crippen LogP contribution in [-0.2, 0) is 11.3 Å². The zero-order valence-corrected chi connectivity index (χ0v) is 21.9. The van der Waals surface area contributed by atoms with Crippen LogP contribution in [0.15, 0.2) is 85.1 Å². The highest BCUT2D eigenvalue weighted by molar-refractivity contribution is 6.00. The van der Waals surface area contributed by atoms with Crippen molar-refractivity contribution in [3.8, 4) is 0 Å². The van der Waals surface area contributed by atoms with Gasteiger partial charge >= 0.3 is 0 Å². The maximum absolute atomic E-state index is 13.8. The van der Waals surface area contributed by atoms with E-state index in [1.54, 1.807) is 4.90 Å². The fourth-order valence-electron chi connectivity index (χ4n) is 5.35. The molecule has 0 aliphatic carbocycles. The van der Waals surface area contributed by atoms with E-state index in [4.69, 9.17) is 0 Å². The second kappa shape index (κ2) is 10.6. The van der Waals surface area contributed by atoms with E-state index < -0.39 is 0 Å². The first-order chi connectivity index (χ1) is 18.0. The van der Waals surface area contributed by atoms with Crippen molar-refractivity contribution in [3.05, 3.63) is 107 Å². The van der Waals surface area contributed by atoms with Crippen molar-refractivity contribution in [2.75, 3.05) is 19.6 Å². The predicted molar refractivity (Wildman–Crippen MR) is 149 cm³/mol. The average Bonchev–Trinajstić information content (AvgIpc) is 3.40. The summed E-state index contributed by atoms with van der Waals surface area (Å²) in [6.45, 7) is 8.38. The molecular formula is C32H35N3O2. The predicted octanol–water partition coefficient (Wildman–Crippen LogP) is 6.25. The lowest BCUT2D eigenvalue weighted by Crippen LogP contribution is -2.48. The second-order valence-electron chi connectivity index (χ2n) is 10.2. The van der Waals surface area contributed by atoms with Crippen LogP contribution in [0.25, 0.3) is 10.8 Å². The molecule has 1 aliphatic rings. The minimum Gasteiger partial charge on any atom is -0.348 e. The van der Waals surface area contributed by atoms with Crippen LogP contribution in [-0.4, -0.2) is 45.8 Å². The van der Waals surface area contributed by atoms with Gasteiger partial charge in [0.1, 0.15) is 6.54 Å². The third-order valence-electron chi connectivity index (χ3n) is 7.38. The van der Waals surface area contributed by atoms with Gasteiger partial charge in [0.05, 0.1) is 6.04 Å². The van der Waals surface area contributed by atoms with Crippen molar-refractivity contribution in [2.24, 2.45) is 0 Å². The lowest BCUT2D eigenvalue weighted by molar-refractivity contribution is -0.134. The summed E-state index contributed by atoms with van der Waals surface area (Å²) in [5.41, 5.74) is 4.11. The standard InChI is InChI=1S/C32H35N3O2/c1-4-17-34(32(37)28-16-13-25-8-5-6-9-27(25)21-28)22-30(36)35-20-19-33-18-7-10-29(33)31(35)26-14-11-24(12-15-26)23(2)3/h5-16,18,21,23,31H,4,17,19-20,22H2,1-3H3. The minimum absolute atomic E-state index is 0.0204. The fourth-order valence-corrected chi connectivity index (χ4v) is 5.35. The number of nitrogens with zero attached hydrogens (tertiary/aromatic N) is 3. The topological polar surface area (TPSA) is 45.6 Å². The Hall–Kier alpha value is -3.86. The van der Waals surface area contributed by atoms with Gasteiger partial charge in [0.15, 0.2) is 0 Å². The summed E-state index contributed by atoms with van der Waals surface area (Å²) in [6.07, 6.45) is 2.87. The van der Waals surface area contributed by atoms with Gasteiger partial charge in [-0.3, -0.25) is 9.59 Å². The number of rotatable bonds is 7. The molecule has 0 saturated heterocycles. The number of aromatic nitrogens is 1. The van der Waals surface area contributed by atoms with Gasteiger partial charge in [0.25, 0.3) is 5.91 Å². The Bertz CT molecular complexity index is 1400. The largest absolute Gasteiger partial charge is 0.348 e. The average molecular weight is 494 g/mol. The molecule has 0 bridgehead atoms. The van der Waals surface area contributed by atoms with Crippen LogP contribution in [0.4, 0.5) is 0 Å². The van der Waals surface area contributed by atoms with Gasteiger partial charge in [0, 0.05) is 37.1 Å². The normalized spacial score (nSPS) is 15.1. The first-order valence-electron chi connectivity index (χ1n) is 13.3. The number of carbonyl (C=O) groups is 2. The Morgan fingerprint density at radius 3 is 2.41 bits per heavy atom. The molecule has 2 heterocycles. The fraction of sp³-hybridized carbons (Fsp3) is 0.312. The van der Waals surface area contributed by atoms with Crippen molar-refractivity contribution in [2.45, 2.75) is 45.7 Å².